The van der Waals surface area contributed by atoms with E-state index in [1.54, 1.807) is 24.3 Å². The van der Waals surface area contributed by atoms with Crippen LogP contribution in [0.15, 0.2) is 71.2 Å². The summed E-state index contributed by atoms with van der Waals surface area (Å²) in [6.45, 7) is 0. The largest absolute Gasteiger partial charge is 0.388 e. The highest BCUT2D eigenvalue weighted by Gasteiger charge is 2.19. The zero-order chi connectivity index (χ0) is 19.4. The third-order valence-corrected chi connectivity index (χ3v) is 5.51. The molecule has 2 N–H and O–H groups in total. The van der Waals surface area contributed by atoms with E-state index >= 15 is 0 Å². The molecular formula is C21H17BrCl2FNO. The fourth-order valence-electron chi connectivity index (χ4n) is 2.80. The van der Waals surface area contributed by atoms with Gasteiger partial charge in [0.05, 0.1) is 22.2 Å². The van der Waals surface area contributed by atoms with Crippen molar-refractivity contribution in [3.63, 3.8) is 0 Å². The van der Waals surface area contributed by atoms with Crippen molar-refractivity contribution < 1.29 is 9.50 Å². The molecule has 3 aromatic carbocycles. The van der Waals surface area contributed by atoms with Crippen LogP contribution in [0.25, 0.3) is 0 Å². The van der Waals surface area contributed by atoms with Gasteiger partial charge >= 0.3 is 0 Å². The molecule has 0 fully saturated rings. The zero-order valence-electron chi connectivity index (χ0n) is 14.2. The highest BCUT2D eigenvalue weighted by molar-refractivity contribution is 9.10. The number of aliphatic hydroxyl groups is 1. The summed E-state index contributed by atoms with van der Waals surface area (Å²) in [4.78, 5) is 0. The molecule has 0 aliphatic heterocycles. The summed E-state index contributed by atoms with van der Waals surface area (Å²) in [6, 6.07) is 18.7. The number of hydrogen-bond acceptors (Lipinski definition) is 2. The molecule has 0 aromatic heterocycles. The van der Waals surface area contributed by atoms with E-state index in [1.807, 2.05) is 30.3 Å². The van der Waals surface area contributed by atoms with Gasteiger partial charge in [-0.2, -0.15) is 0 Å². The van der Waals surface area contributed by atoms with E-state index < -0.39 is 6.10 Å². The van der Waals surface area contributed by atoms with Gasteiger partial charge in [0.2, 0.25) is 0 Å². The van der Waals surface area contributed by atoms with E-state index in [9.17, 15) is 9.50 Å². The van der Waals surface area contributed by atoms with Crippen molar-refractivity contribution in [2.24, 2.45) is 0 Å². The first-order chi connectivity index (χ1) is 12.9. The maximum absolute atomic E-state index is 13.2. The monoisotopic (exact) mass is 467 g/mol. The van der Waals surface area contributed by atoms with Crippen LogP contribution in [0.3, 0.4) is 0 Å². The summed E-state index contributed by atoms with van der Waals surface area (Å²) >= 11 is 15.6. The Labute approximate surface area is 176 Å². The van der Waals surface area contributed by atoms with Crippen molar-refractivity contribution in [1.82, 2.24) is 0 Å². The van der Waals surface area contributed by atoms with E-state index in [0.717, 1.165) is 21.3 Å². The third-order valence-electron chi connectivity index (χ3n) is 4.24. The molecular weight excluding hydrogens is 452 g/mol. The Morgan fingerprint density at radius 2 is 1.52 bits per heavy atom. The molecule has 0 saturated heterocycles. The van der Waals surface area contributed by atoms with Crippen LogP contribution in [0, 0.1) is 5.82 Å². The minimum atomic E-state index is -0.689. The van der Waals surface area contributed by atoms with Gasteiger partial charge in [0.25, 0.3) is 0 Å². The number of aliphatic hydroxyl groups excluding tert-OH is 1. The second-order valence-corrected chi connectivity index (χ2v) is 7.91. The Morgan fingerprint density at radius 3 is 2.15 bits per heavy atom. The van der Waals surface area contributed by atoms with Gasteiger partial charge in [0, 0.05) is 16.6 Å². The average molecular weight is 469 g/mol. The van der Waals surface area contributed by atoms with Crippen LogP contribution in [0.4, 0.5) is 10.1 Å². The molecule has 3 rings (SSSR count). The molecule has 0 spiro atoms. The minimum Gasteiger partial charge on any atom is -0.388 e. The lowest BCUT2D eigenvalue weighted by Crippen LogP contribution is -2.15. The predicted octanol–water partition coefficient (Wildman–Crippen LogP) is 7.17. The van der Waals surface area contributed by atoms with Crippen molar-refractivity contribution in [2.45, 2.75) is 18.6 Å². The molecule has 2 unspecified atom stereocenters. The number of benzene rings is 3. The summed E-state index contributed by atoms with van der Waals surface area (Å²) in [5.41, 5.74) is 2.43. The van der Waals surface area contributed by atoms with Crippen molar-refractivity contribution in [2.75, 3.05) is 5.32 Å². The lowest BCUT2D eigenvalue weighted by Gasteiger charge is -2.24. The first kappa shape index (κ1) is 20.2. The normalized spacial score (nSPS) is 13.2. The molecule has 6 heteroatoms. The molecule has 27 heavy (non-hydrogen) atoms. The van der Waals surface area contributed by atoms with Crippen molar-refractivity contribution >= 4 is 44.8 Å². The third kappa shape index (κ3) is 5.45. The summed E-state index contributed by atoms with van der Waals surface area (Å²) in [7, 11) is 0. The van der Waals surface area contributed by atoms with E-state index in [4.69, 9.17) is 23.2 Å². The van der Waals surface area contributed by atoms with Gasteiger partial charge in [0.15, 0.2) is 0 Å². The van der Waals surface area contributed by atoms with Crippen molar-refractivity contribution in [1.29, 1.82) is 0 Å². The second-order valence-electron chi connectivity index (χ2n) is 6.18. The summed E-state index contributed by atoms with van der Waals surface area (Å²) in [5, 5.41) is 15.0. The average Bonchev–Trinajstić information content (AvgIpc) is 2.65. The van der Waals surface area contributed by atoms with Crippen LogP contribution in [0.1, 0.15) is 29.7 Å². The predicted molar refractivity (Wildman–Crippen MR) is 113 cm³/mol. The maximum Gasteiger partial charge on any atom is 0.123 e. The van der Waals surface area contributed by atoms with Crippen LogP contribution in [-0.4, -0.2) is 5.11 Å². The van der Waals surface area contributed by atoms with Crippen molar-refractivity contribution in [3.05, 3.63) is 98.2 Å². The zero-order valence-corrected chi connectivity index (χ0v) is 17.3. The smallest absolute Gasteiger partial charge is 0.123 e. The van der Waals surface area contributed by atoms with Crippen molar-refractivity contribution in [3.8, 4) is 0 Å². The molecule has 0 saturated carbocycles. The van der Waals surface area contributed by atoms with Crippen LogP contribution in [0.2, 0.25) is 10.0 Å². The molecule has 0 amide bonds. The molecule has 3 aromatic rings. The Hall–Kier alpha value is -1.59. The summed E-state index contributed by atoms with van der Waals surface area (Å²) < 4.78 is 14.2. The number of hydrogen-bond donors (Lipinski definition) is 2. The number of anilines is 1. The van der Waals surface area contributed by atoms with Gasteiger partial charge in [-0.15, -0.1) is 0 Å². The highest BCUT2D eigenvalue weighted by atomic mass is 79.9. The topological polar surface area (TPSA) is 32.3 Å². The van der Waals surface area contributed by atoms with Crippen LogP contribution >= 0.6 is 39.1 Å². The van der Waals surface area contributed by atoms with Gasteiger partial charge in [0.1, 0.15) is 5.82 Å². The maximum atomic E-state index is 13.2. The standard InChI is InChI=1S/C21H17BrCl2FNO/c22-15-4-1-13(2-5-15)21(27)12-20(14-3-10-18(23)19(24)11-14)26-17-8-6-16(25)7-9-17/h1-11,20-21,26-27H,12H2. The molecule has 0 radical (unpaired) electrons. The SMILES string of the molecule is OC(CC(Nc1ccc(F)cc1)c1ccc(Cl)c(Cl)c1)c1ccc(Br)cc1. The van der Waals surface area contributed by atoms with Gasteiger partial charge in [-0.05, 0) is 59.7 Å². The van der Waals surface area contributed by atoms with Gasteiger partial charge < -0.3 is 10.4 Å². The van der Waals surface area contributed by atoms with E-state index in [2.05, 4.69) is 21.2 Å². The summed E-state index contributed by atoms with van der Waals surface area (Å²) in [6.07, 6.45) is -0.290. The Bertz CT molecular complexity index is 903. The van der Waals surface area contributed by atoms with Gasteiger partial charge in [-0.3, -0.25) is 0 Å². The first-order valence-electron chi connectivity index (χ1n) is 8.33. The lowest BCUT2D eigenvalue weighted by atomic mass is 9.96. The fourth-order valence-corrected chi connectivity index (χ4v) is 3.37. The number of nitrogens with one attached hydrogen (secondary N) is 1. The Morgan fingerprint density at radius 1 is 0.889 bits per heavy atom. The molecule has 2 nitrogen and oxygen atoms in total. The minimum absolute atomic E-state index is 0.246. The first-order valence-corrected chi connectivity index (χ1v) is 9.88. The second kappa shape index (κ2) is 9.07. The van der Waals surface area contributed by atoms with E-state index in [1.165, 1.54) is 12.1 Å². The molecule has 0 heterocycles. The van der Waals surface area contributed by atoms with Gasteiger partial charge in [-0.25, -0.2) is 4.39 Å². The van der Waals surface area contributed by atoms with E-state index in [-0.39, 0.29) is 11.9 Å². The van der Waals surface area contributed by atoms with Crippen LogP contribution in [-0.2, 0) is 0 Å². The van der Waals surface area contributed by atoms with E-state index in [0.29, 0.717) is 16.5 Å². The lowest BCUT2D eigenvalue weighted by molar-refractivity contribution is 0.160. The molecule has 0 aliphatic carbocycles. The number of rotatable bonds is 6. The molecule has 2 atom stereocenters. The quantitative estimate of drug-likeness (QED) is 0.401. The number of halogens is 4. The van der Waals surface area contributed by atoms with Gasteiger partial charge in [-0.1, -0.05) is 57.3 Å². The van der Waals surface area contributed by atoms with Crippen LogP contribution in [0.5, 0.6) is 0 Å². The Balaban J connectivity index is 1.87. The fraction of sp³-hybridized carbons (Fsp3) is 0.143. The molecule has 0 bridgehead atoms. The van der Waals surface area contributed by atoms with Crippen LogP contribution < -0.4 is 5.32 Å². The Kier molecular flexibility index (Phi) is 6.77. The molecule has 0 aliphatic rings. The summed E-state index contributed by atoms with van der Waals surface area (Å²) in [5.74, 6) is -0.304. The molecule has 140 valence electrons. The highest BCUT2D eigenvalue weighted by Crippen LogP contribution is 2.33.